The molecule has 2 fully saturated rings. The Bertz CT molecular complexity index is 1040. The first-order valence-corrected chi connectivity index (χ1v) is 12.5. The minimum atomic E-state index is -0.415. The van der Waals surface area contributed by atoms with Gasteiger partial charge >= 0.3 is 11.6 Å². The maximum absolute atomic E-state index is 11.8. The molecule has 35 heavy (non-hydrogen) atoms. The molecular formula is C24H37N8O3+. The van der Waals surface area contributed by atoms with Crippen LogP contribution in [0.3, 0.4) is 0 Å². The van der Waals surface area contributed by atoms with Crippen LogP contribution in [0.4, 0.5) is 29.2 Å². The van der Waals surface area contributed by atoms with Gasteiger partial charge in [0.15, 0.2) is 5.75 Å². The highest BCUT2D eigenvalue weighted by Crippen LogP contribution is 2.41. The normalized spacial score (nSPS) is 20.1. The third-order valence-electron chi connectivity index (χ3n) is 7.56. The van der Waals surface area contributed by atoms with Crippen molar-refractivity contribution < 1.29 is 9.66 Å². The molecule has 0 spiro atoms. The molecule has 1 aromatic heterocycles. The zero-order valence-electron chi connectivity index (χ0n) is 20.9. The number of nitrogens with two attached hydrogens (primary N) is 1. The highest BCUT2D eigenvalue weighted by atomic mass is 16.6. The number of nitro groups is 1. The summed E-state index contributed by atoms with van der Waals surface area (Å²) >= 11 is 0. The number of nitrogens with one attached hydrogen (secondary N) is 1. The molecule has 1 atom stereocenters. The molecule has 1 aliphatic carbocycles. The van der Waals surface area contributed by atoms with Gasteiger partial charge in [-0.1, -0.05) is 25.7 Å². The minimum absolute atomic E-state index is 0.0823. The molecular weight excluding hydrogens is 448 g/mol. The van der Waals surface area contributed by atoms with Crippen molar-refractivity contribution in [2.75, 3.05) is 45.3 Å². The number of methoxy groups -OCH3 is 1. The Morgan fingerprint density at radius 3 is 2.43 bits per heavy atom. The van der Waals surface area contributed by atoms with Crippen LogP contribution in [0.5, 0.6) is 5.75 Å². The number of benzene rings is 1. The van der Waals surface area contributed by atoms with Gasteiger partial charge in [0, 0.05) is 38.0 Å². The predicted molar refractivity (Wildman–Crippen MR) is 137 cm³/mol. The van der Waals surface area contributed by atoms with Gasteiger partial charge in [0.1, 0.15) is 11.7 Å². The van der Waals surface area contributed by atoms with Gasteiger partial charge in [-0.05, 0) is 26.0 Å². The first kappa shape index (κ1) is 25.1. The molecule has 2 aromatic rings. The van der Waals surface area contributed by atoms with Crippen molar-refractivity contribution in [2.24, 2.45) is 0 Å². The Balaban J connectivity index is 1.78. The third-order valence-corrected chi connectivity index (χ3v) is 7.56. The monoisotopic (exact) mass is 485 g/mol. The second kappa shape index (κ2) is 10.7. The summed E-state index contributed by atoms with van der Waals surface area (Å²) in [6.07, 6.45) is 8.81. The number of ether oxygens (including phenoxy) is 1. The number of nitro benzene ring substituents is 1. The van der Waals surface area contributed by atoms with Crippen molar-refractivity contribution >= 4 is 29.2 Å². The van der Waals surface area contributed by atoms with Crippen LogP contribution in [-0.4, -0.2) is 71.2 Å². The number of hydrogen-bond acceptors (Lipinski definition) is 9. The molecule has 1 saturated carbocycles. The second-order valence-corrected chi connectivity index (χ2v) is 9.87. The molecule has 1 saturated heterocycles. The van der Waals surface area contributed by atoms with E-state index >= 15 is 0 Å². The van der Waals surface area contributed by atoms with Crippen LogP contribution in [0.15, 0.2) is 18.2 Å². The molecule has 11 nitrogen and oxygen atoms in total. The first-order valence-electron chi connectivity index (χ1n) is 12.5. The Morgan fingerprint density at radius 2 is 1.80 bits per heavy atom. The summed E-state index contributed by atoms with van der Waals surface area (Å²) in [6.45, 7) is 1.84. The zero-order valence-corrected chi connectivity index (χ0v) is 20.9. The van der Waals surface area contributed by atoms with Crippen LogP contribution in [0.1, 0.15) is 51.4 Å². The second-order valence-electron chi connectivity index (χ2n) is 9.87. The summed E-state index contributed by atoms with van der Waals surface area (Å²) in [4.78, 5) is 27.5. The lowest BCUT2D eigenvalue weighted by atomic mass is 10.00. The fourth-order valence-electron chi connectivity index (χ4n) is 5.37. The molecule has 2 aliphatic rings. The van der Waals surface area contributed by atoms with Crippen molar-refractivity contribution in [3.05, 3.63) is 28.3 Å². The molecule has 0 radical (unpaired) electrons. The summed E-state index contributed by atoms with van der Waals surface area (Å²) in [5, 5.41) is 15.3. The van der Waals surface area contributed by atoms with Crippen molar-refractivity contribution in [1.29, 1.82) is 0 Å². The SMILES string of the molecule is COc1ccc([N+](C)(c2nc(N)nc(NC3CCCCCC3)n2)C2CCN(C)CC2)cc1[N+](=O)[O-]. The Morgan fingerprint density at radius 1 is 1.11 bits per heavy atom. The molecule has 1 aromatic carbocycles. The van der Waals surface area contributed by atoms with Crippen molar-refractivity contribution in [2.45, 2.75) is 63.5 Å². The van der Waals surface area contributed by atoms with E-state index in [1.54, 1.807) is 12.1 Å². The van der Waals surface area contributed by atoms with Crippen LogP contribution in [-0.2, 0) is 0 Å². The van der Waals surface area contributed by atoms with E-state index in [4.69, 9.17) is 15.5 Å². The van der Waals surface area contributed by atoms with Crippen LogP contribution in [0, 0.1) is 10.1 Å². The zero-order chi connectivity index (χ0) is 25.0. The van der Waals surface area contributed by atoms with Crippen molar-refractivity contribution in [3.8, 4) is 5.75 Å². The average Bonchev–Trinajstić information content (AvgIpc) is 3.11. The summed E-state index contributed by atoms with van der Waals surface area (Å²) in [7, 11) is 5.56. The average molecular weight is 486 g/mol. The van der Waals surface area contributed by atoms with Gasteiger partial charge in [-0.15, -0.1) is 9.97 Å². The largest absolute Gasteiger partial charge is 0.490 e. The van der Waals surface area contributed by atoms with Crippen LogP contribution < -0.4 is 20.3 Å². The van der Waals surface area contributed by atoms with Crippen LogP contribution >= 0.6 is 0 Å². The number of anilines is 2. The fraction of sp³-hybridized carbons (Fsp3) is 0.625. The number of piperidine rings is 1. The minimum Gasteiger partial charge on any atom is -0.490 e. The molecule has 1 unspecified atom stereocenters. The lowest BCUT2D eigenvalue weighted by Gasteiger charge is -2.42. The van der Waals surface area contributed by atoms with Gasteiger partial charge in [0.25, 0.3) is 0 Å². The van der Waals surface area contributed by atoms with Gasteiger partial charge in [-0.2, -0.15) is 4.98 Å². The molecule has 3 N–H and O–H groups in total. The van der Waals surface area contributed by atoms with Crippen molar-refractivity contribution in [1.82, 2.24) is 24.3 Å². The Kier molecular flexibility index (Phi) is 7.66. The number of rotatable bonds is 7. The molecule has 0 bridgehead atoms. The predicted octanol–water partition coefficient (Wildman–Crippen LogP) is 3.87. The number of hydrogen-bond donors (Lipinski definition) is 2. The highest BCUT2D eigenvalue weighted by molar-refractivity contribution is 5.63. The lowest BCUT2D eigenvalue weighted by Crippen LogP contribution is -2.54. The number of quaternary nitrogens is 1. The van der Waals surface area contributed by atoms with E-state index in [1.807, 2.05) is 13.1 Å². The van der Waals surface area contributed by atoms with E-state index in [2.05, 4.69) is 27.2 Å². The van der Waals surface area contributed by atoms with E-state index in [1.165, 1.54) is 32.8 Å². The number of aromatic nitrogens is 3. The fourth-order valence-corrected chi connectivity index (χ4v) is 5.37. The number of nitrogen functional groups attached to an aromatic ring is 1. The van der Waals surface area contributed by atoms with Gasteiger partial charge < -0.3 is 20.7 Å². The van der Waals surface area contributed by atoms with Gasteiger partial charge in [-0.25, -0.2) is 4.48 Å². The first-order chi connectivity index (χ1) is 16.8. The quantitative estimate of drug-likeness (QED) is 0.259. The van der Waals surface area contributed by atoms with Gasteiger partial charge in [-0.3, -0.25) is 10.1 Å². The summed E-state index contributed by atoms with van der Waals surface area (Å²) in [6, 6.07) is 5.51. The maximum atomic E-state index is 11.8. The van der Waals surface area contributed by atoms with Crippen LogP contribution in [0.2, 0.25) is 0 Å². The molecule has 2 heterocycles. The van der Waals surface area contributed by atoms with Gasteiger partial charge in [0.05, 0.1) is 25.1 Å². The van der Waals surface area contributed by atoms with E-state index in [9.17, 15) is 10.1 Å². The number of nitrogens with zero attached hydrogens (tertiary/aromatic N) is 6. The molecule has 0 amide bonds. The summed E-state index contributed by atoms with van der Waals surface area (Å²) in [5.41, 5.74) is 6.83. The Hall–Kier alpha value is -3.05. The molecule has 190 valence electrons. The van der Waals surface area contributed by atoms with Crippen molar-refractivity contribution in [3.63, 3.8) is 0 Å². The third kappa shape index (κ3) is 5.46. The smallest absolute Gasteiger partial charge is 0.340 e. The number of likely N-dealkylation sites (tertiary alicyclic amines) is 1. The topological polar surface area (TPSA) is 132 Å². The highest BCUT2D eigenvalue weighted by Gasteiger charge is 2.43. The van der Waals surface area contributed by atoms with E-state index < -0.39 is 4.92 Å². The van der Waals surface area contributed by atoms with E-state index in [0.717, 1.165) is 44.5 Å². The summed E-state index contributed by atoms with van der Waals surface area (Å²) < 4.78 is 5.45. The summed E-state index contributed by atoms with van der Waals surface area (Å²) in [5.74, 6) is 1.33. The molecule has 11 heteroatoms. The van der Waals surface area contributed by atoms with Crippen LogP contribution in [0.25, 0.3) is 0 Å². The van der Waals surface area contributed by atoms with Gasteiger partial charge in [0.2, 0.25) is 11.9 Å². The lowest BCUT2D eigenvalue weighted by molar-refractivity contribution is -0.385. The standard InChI is InChI=1S/C24H37N8O3/c1-30-14-12-18(13-15-30)32(2,19-10-11-21(35-3)20(16-19)31(33)34)24-28-22(25)27-23(29-24)26-17-8-6-4-5-7-9-17/h10-11,16-18H,4-9,12-15H2,1-3H3,(H3,25,26,27,28,29)/q+1. The molecule has 4 rings (SSSR count). The molecule has 1 aliphatic heterocycles. The van der Waals surface area contributed by atoms with E-state index in [0.29, 0.717) is 17.9 Å². The Labute approximate surface area is 206 Å². The maximum Gasteiger partial charge on any atom is 0.340 e. The van der Waals surface area contributed by atoms with E-state index in [-0.39, 0.29) is 27.9 Å².